The SMILES string of the molecule is COc1ccc(C(c2cc(C(F)(F)F)ccc2Cl)N2CCNCC2)cc1F. The lowest BCUT2D eigenvalue weighted by Gasteiger charge is -2.36. The number of hydrogen-bond acceptors (Lipinski definition) is 3. The molecule has 3 nitrogen and oxygen atoms in total. The summed E-state index contributed by atoms with van der Waals surface area (Å²) >= 11 is 6.28. The third-order valence-electron chi connectivity index (χ3n) is 4.63. The molecule has 8 heteroatoms. The van der Waals surface area contributed by atoms with Crippen molar-refractivity contribution in [1.29, 1.82) is 0 Å². The van der Waals surface area contributed by atoms with E-state index in [0.717, 1.165) is 12.1 Å². The van der Waals surface area contributed by atoms with E-state index in [-0.39, 0.29) is 10.8 Å². The maximum Gasteiger partial charge on any atom is 0.416 e. The summed E-state index contributed by atoms with van der Waals surface area (Å²) in [4.78, 5) is 2.00. The normalized spacial score (nSPS) is 17.0. The van der Waals surface area contributed by atoms with Crippen molar-refractivity contribution >= 4 is 11.6 Å². The van der Waals surface area contributed by atoms with E-state index in [0.29, 0.717) is 37.3 Å². The van der Waals surface area contributed by atoms with Crippen LogP contribution in [0.5, 0.6) is 5.75 Å². The Morgan fingerprint density at radius 1 is 1.11 bits per heavy atom. The van der Waals surface area contributed by atoms with Crippen LogP contribution in [0.1, 0.15) is 22.7 Å². The molecule has 0 bridgehead atoms. The largest absolute Gasteiger partial charge is 0.494 e. The quantitative estimate of drug-likeness (QED) is 0.762. The standard InChI is InChI=1S/C19H19ClF4N2O/c1-27-17-5-2-12(10-16(17)21)18(26-8-6-25-7-9-26)14-11-13(19(22,23)24)3-4-15(14)20/h2-5,10-11,18,25H,6-9H2,1H3. The molecule has 0 amide bonds. The number of benzene rings is 2. The molecule has 0 aromatic heterocycles. The summed E-state index contributed by atoms with van der Waals surface area (Å²) in [6.45, 7) is 2.58. The molecule has 3 rings (SSSR count). The summed E-state index contributed by atoms with van der Waals surface area (Å²) in [5.74, 6) is -0.494. The molecule has 1 aliphatic heterocycles. The van der Waals surface area contributed by atoms with Gasteiger partial charge in [-0.05, 0) is 41.5 Å². The van der Waals surface area contributed by atoms with E-state index in [4.69, 9.17) is 16.3 Å². The lowest BCUT2D eigenvalue weighted by molar-refractivity contribution is -0.137. The predicted octanol–water partition coefficient (Wildman–Crippen LogP) is 4.50. The Labute approximate surface area is 159 Å². The smallest absolute Gasteiger partial charge is 0.416 e. The van der Waals surface area contributed by atoms with Gasteiger partial charge in [0, 0.05) is 31.2 Å². The van der Waals surface area contributed by atoms with Crippen LogP contribution in [0.15, 0.2) is 36.4 Å². The van der Waals surface area contributed by atoms with Crippen molar-refractivity contribution in [2.45, 2.75) is 12.2 Å². The van der Waals surface area contributed by atoms with Crippen molar-refractivity contribution in [1.82, 2.24) is 10.2 Å². The lowest BCUT2D eigenvalue weighted by Crippen LogP contribution is -2.45. The molecule has 1 N–H and O–H groups in total. The van der Waals surface area contributed by atoms with E-state index in [2.05, 4.69) is 5.32 Å². The van der Waals surface area contributed by atoms with Gasteiger partial charge in [-0.3, -0.25) is 4.90 Å². The van der Waals surface area contributed by atoms with Crippen LogP contribution in [0, 0.1) is 5.82 Å². The first-order valence-electron chi connectivity index (χ1n) is 8.46. The number of ether oxygens (including phenoxy) is 1. The van der Waals surface area contributed by atoms with Gasteiger partial charge in [-0.15, -0.1) is 0 Å². The van der Waals surface area contributed by atoms with Crippen LogP contribution in [0.25, 0.3) is 0 Å². The molecule has 1 atom stereocenters. The Hall–Kier alpha value is -1.83. The summed E-state index contributed by atoms with van der Waals surface area (Å²) in [5.41, 5.74) is 0.0467. The highest BCUT2D eigenvalue weighted by atomic mass is 35.5. The van der Waals surface area contributed by atoms with Gasteiger partial charge in [0.05, 0.1) is 18.7 Å². The van der Waals surface area contributed by atoms with Crippen LogP contribution < -0.4 is 10.1 Å². The summed E-state index contributed by atoms with van der Waals surface area (Å²) in [5, 5.41) is 3.41. The Morgan fingerprint density at radius 3 is 2.41 bits per heavy atom. The lowest BCUT2D eigenvalue weighted by atomic mass is 9.94. The van der Waals surface area contributed by atoms with E-state index in [1.54, 1.807) is 6.07 Å². The van der Waals surface area contributed by atoms with E-state index < -0.39 is 23.6 Å². The second-order valence-electron chi connectivity index (χ2n) is 6.32. The maximum atomic E-state index is 14.3. The number of halogens is 5. The van der Waals surface area contributed by atoms with Gasteiger partial charge in [0.15, 0.2) is 11.6 Å². The van der Waals surface area contributed by atoms with Gasteiger partial charge in [0.25, 0.3) is 0 Å². The Kier molecular flexibility index (Phi) is 5.93. The molecule has 0 spiro atoms. The number of alkyl halides is 3. The zero-order valence-electron chi connectivity index (χ0n) is 14.6. The topological polar surface area (TPSA) is 24.5 Å². The number of rotatable bonds is 4. The molecule has 1 aliphatic rings. The highest BCUT2D eigenvalue weighted by Crippen LogP contribution is 2.39. The van der Waals surface area contributed by atoms with Crippen LogP contribution >= 0.6 is 11.6 Å². The van der Waals surface area contributed by atoms with Gasteiger partial charge >= 0.3 is 6.18 Å². The van der Waals surface area contributed by atoms with Crippen molar-refractivity contribution in [2.24, 2.45) is 0 Å². The molecule has 1 fully saturated rings. The van der Waals surface area contributed by atoms with Gasteiger partial charge in [-0.25, -0.2) is 4.39 Å². The minimum absolute atomic E-state index is 0.0768. The zero-order chi connectivity index (χ0) is 19.6. The molecule has 0 aliphatic carbocycles. The first-order chi connectivity index (χ1) is 12.8. The van der Waals surface area contributed by atoms with E-state index in [1.165, 1.54) is 25.3 Å². The molecule has 146 valence electrons. The molecular weight excluding hydrogens is 384 g/mol. The van der Waals surface area contributed by atoms with Crippen LogP contribution in [-0.2, 0) is 6.18 Å². The van der Waals surface area contributed by atoms with Crippen molar-refractivity contribution in [3.05, 3.63) is 63.9 Å². The fourth-order valence-corrected chi connectivity index (χ4v) is 3.53. The van der Waals surface area contributed by atoms with Crippen LogP contribution in [0.2, 0.25) is 5.02 Å². The third kappa shape index (κ3) is 4.36. The highest BCUT2D eigenvalue weighted by molar-refractivity contribution is 6.31. The molecule has 2 aromatic rings. The first kappa shape index (κ1) is 19.9. The van der Waals surface area contributed by atoms with Crippen molar-refractivity contribution in [2.75, 3.05) is 33.3 Å². The van der Waals surface area contributed by atoms with E-state index in [9.17, 15) is 17.6 Å². The Bertz CT molecular complexity index is 807. The average Bonchev–Trinajstić information content (AvgIpc) is 2.63. The molecule has 2 aromatic carbocycles. The fourth-order valence-electron chi connectivity index (χ4n) is 3.31. The summed E-state index contributed by atoms with van der Waals surface area (Å²) in [7, 11) is 1.36. The number of nitrogens with zero attached hydrogens (tertiary/aromatic N) is 1. The molecule has 1 saturated heterocycles. The van der Waals surface area contributed by atoms with E-state index in [1.807, 2.05) is 4.90 Å². The molecule has 27 heavy (non-hydrogen) atoms. The Balaban J connectivity index is 2.12. The molecule has 1 unspecified atom stereocenters. The van der Waals surface area contributed by atoms with Crippen LogP contribution in [0.4, 0.5) is 17.6 Å². The monoisotopic (exact) mass is 402 g/mol. The minimum atomic E-state index is -4.49. The van der Waals surface area contributed by atoms with Gasteiger partial charge in [0.1, 0.15) is 0 Å². The molecule has 0 saturated carbocycles. The molecular formula is C19H19ClF4N2O. The molecule has 1 heterocycles. The van der Waals surface area contributed by atoms with Crippen molar-refractivity contribution in [3.63, 3.8) is 0 Å². The summed E-state index contributed by atoms with van der Waals surface area (Å²) in [6, 6.07) is 7.08. The highest BCUT2D eigenvalue weighted by Gasteiger charge is 2.33. The maximum absolute atomic E-state index is 14.3. The Morgan fingerprint density at radius 2 is 1.81 bits per heavy atom. The van der Waals surface area contributed by atoms with Crippen LogP contribution in [0.3, 0.4) is 0 Å². The number of piperazine rings is 1. The number of methoxy groups -OCH3 is 1. The average molecular weight is 403 g/mol. The first-order valence-corrected chi connectivity index (χ1v) is 8.84. The summed E-state index contributed by atoms with van der Waals surface area (Å²) < 4.78 is 58.9. The fraction of sp³-hybridized carbons (Fsp3) is 0.368. The number of nitrogens with one attached hydrogen (secondary N) is 1. The van der Waals surface area contributed by atoms with Crippen molar-refractivity contribution in [3.8, 4) is 5.75 Å². The zero-order valence-corrected chi connectivity index (χ0v) is 15.4. The van der Waals surface area contributed by atoms with E-state index >= 15 is 0 Å². The van der Waals surface area contributed by atoms with Gasteiger partial charge in [-0.2, -0.15) is 13.2 Å². The predicted molar refractivity (Wildman–Crippen MR) is 95.7 cm³/mol. The summed E-state index contributed by atoms with van der Waals surface area (Å²) in [6.07, 6.45) is -4.49. The van der Waals surface area contributed by atoms with Gasteiger partial charge < -0.3 is 10.1 Å². The third-order valence-corrected chi connectivity index (χ3v) is 4.97. The van der Waals surface area contributed by atoms with Crippen molar-refractivity contribution < 1.29 is 22.3 Å². The van der Waals surface area contributed by atoms with Crippen LogP contribution in [-0.4, -0.2) is 38.2 Å². The second kappa shape index (κ2) is 8.04. The van der Waals surface area contributed by atoms with Gasteiger partial charge in [-0.1, -0.05) is 17.7 Å². The van der Waals surface area contributed by atoms with Gasteiger partial charge in [0.2, 0.25) is 0 Å². The minimum Gasteiger partial charge on any atom is -0.494 e. The number of hydrogen-bond donors (Lipinski definition) is 1. The molecule has 0 radical (unpaired) electrons. The second-order valence-corrected chi connectivity index (χ2v) is 6.72.